The maximum absolute atomic E-state index is 12.2. The van der Waals surface area contributed by atoms with Crippen molar-refractivity contribution >= 4 is 10.5 Å². The highest BCUT2D eigenvalue weighted by Crippen LogP contribution is 2.25. The third-order valence-electron chi connectivity index (χ3n) is 2.30. The van der Waals surface area contributed by atoms with Crippen LogP contribution >= 0.6 is 0 Å². The molecule has 1 aromatic carbocycles. The Bertz CT molecular complexity index is 433. The van der Waals surface area contributed by atoms with Crippen LogP contribution in [0.15, 0.2) is 28.6 Å². The molecule has 1 aliphatic carbocycles. The van der Waals surface area contributed by atoms with E-state index in [0.717, 1.165) is 11.1 Å². The Morgan fingerprint density at radius 3 is 2.14 bits per heavy atom. The molecule has 2 rings (SSSR count). The molecule has 0 bridgehead atoms. The Labute approximate surface area is 81.7 Å². The van der Waals surface area contributed by atoms with Crippen molar-refractivity contribution in [3.63, 3.8) is 0 Å². The van der Waals surface area contributed by atoms with E-state index < -0.39 is 16.5 Å². The van der Waals surface area contributed by atoms with Crippen LogP contribution in [0.2, 0.25) is 0 Å². The monoisotopic (exact) mass is 217 g/mol. The molecule has 2 nitrogen and oxygen atoms in total. The summed E-state index contributed by atoms with van der Waals surface area (Å²) < 4.78 is 37.5. The zero-order valence-electron chi connectivity index (χ0n) is 7.32. The maximum Gasteiger partial charge on any atom is 0.367 e. The lowest BCUT2D eigenvalue weighted by atomic mass is 10.1. The predicted octanol–water partition coefficient (Wildman–Crippen LogP) is 2.39. The largest absolute Gasteiger partial charge is 0.367 e. The van der Waals surface area contributed by atoms with E-state index in [1.165, 1.54) is 0 Å². The highest BCUT2D eigenvalue weighted by molar-refractivity contribution is 7.83. The quantitative estimate of drug-likeness (QED) is 0.664. The van der Waals surface area contributed by atoms with Crippen LogP contribution in [0.5, 0.6) is 0 Å². The van der Waals surface area contributed by atoms with Gasteiger partial charge in [-0.05, 0) is 24.0 Å². The van der Waals surface area contributed by atoms with E-state index >= 15 is 0 Å². The number of hydrogen-bond donors (Lipinski definition) is 0. The van der Waals surface area contributed by atoms with E-state index in [1.54, 1.807) is 0 Å². The summed E-state index contributed by atoms with van der Waals surface area (Å²) in [5, 5.41) is 0. The van der Waals surface area contributed by atoms with Crippen molar-refractivity contribution in [2.24, 2.45) is 4.36 Å². The van der Waals surface area contributed by atoms with E-state index in [4.69, 9.17) is 0 Å². The first kappa shape index (κ1) is 9.58. The van der Waals surface area contributed by atoms with Crippen LogP contribution in [0.25, 0.3) is 0 Å². The van der Waals surface area contributed by atoms with Gasteiger partial charge < -0.3 is 0 Å². The van der Waals surface area contributed by atoms with Gasteiger partial charge in [-0.25, -0.2) is 0 Å². The van der Waals surface area contributed by atoms with E-state index in [1.807, 2.05) is 24.3 Å². The molecule has 0 atom stereocenters. The topological polar surface area (TPSA) is 29.4 Å². The van der Waals surface area contributed by atoms with Crippen LogP contribution in [0, 0.1) is 0 Å². The standard InChI is InChI=1S/C9H9F2NOS/c10-14(11,13)12-9-5-7-3-1-2-4-8(7)6-9/h1-4,9H,5-6H2. The minimum Gasteiger partial charge on any atom is -0.180 e. The molecule has 0 fully saturated rings. The molecular weight excluding hydrogens is 208 g/mol. The molecule has 0 spiro atoms. The van der Waals surface area contributed by atoms with Gasteiger partial charge in [-0.3, -0.25) is 0 Å². The molecule has 0 heterocycles. The van der Waals surface area contributed by atoms with Gasteiger partial charge in [0.25, 0.3) is 0 Å². The number of halogens is 2. The van der Waals surface area contributed by atoms with E-state index in [9.17, 15) is 12.0 Å². The van der Waals surface area contributed by atoms with Gasteiger partial charge in [0.2, 0.25) is 0 Å². The maximum atomic E-state index is 12.2. The van der Waals surface area contributed by atoms with Crippen molar-refractivity contribution in [2.75, 3.05) is 0 Å². The van der Waals surface area contributed by atoms with Crippen molar-refractivity contribution < 1.29 is 12.0 Å². The molecule has 0 saturated carbocycles. The normalized spacial score (nSPS) is 16.7. The Balaban J connectivity index is 2.25. The average Bonchev–Trinajstić information content (AvgIpc) is 2.42. The number of benzene rings is 1. The third-order valence-corrected chi connectivity index (χ3v) is 2.84. The molecule has 76 valence electrons. The molecule has 0 aliphatic heterocycles. The Morgan fingerprint density at radius 2 is 1.71 bits per heavy atom. The molecule has 14 heavy (non-hydrogen) atoms. The molecule has 0 aromatic heterocycles. The van der Waals surface area contributed by atoms with Crippen molar-refractivity contribution in [1.29, 1.82) is 0 Å². The number of fused-ring (bicyclic) bond motifs is 1. The highest BCUT2D eigenvalue weighted by atomic mass is 32.3. The van der Waals surface area contributed by atoms with Crippen LogP contribution in [0.1, 0.15) is 11.1 Å². The number of hydrogen-bond acceptors (Lipinski definition) is 2. The van der Waals surface area contributed by atoms with Crippen LogP contribution in [0.4, 0.5) is 7.77 Å². The smallest absolute Gasteiger partial charge is 0.180 e. The van der Waals surface area contributed by atoms with Crippen molar-refractivity contribution in [3.05, 3.63) is 35.4 Å². The SMILES string of the molecule is O=S(F)(F)=NC1Cc2ccccc2C1. The second kappa shape index (κ2) is 3.31. The minimum atomic E-state index is -4.95. The summed E-state index contributed by atoms with van der Waals surface area (Å²) in [7, 11) is -4.95. The van der Waals surface area contributed by atoms with E-state index in [0.29, 0.717) is 12.8 Å². The molecule has 0 N–H and O–H groups in total. The molecule has 0 unspecified atom stereocenters. The average molecular weight is 217 g/mol. The summed E-state index contributed by atoms with van der Waals surface area (Å²) in [6, 6.07) is 6.99. The number of nitrogens with zero attached hydrogens (tertiary/aromatic N) is 1. The molecule has 0 saturated heterocycles. The van der Waals surface area contributed by atoms with Crippen LogP contribution < -0.4 is 0 Å². The zero-order chi connectivity index (χ0) is 10.2. The highest BCUT2D eigenvalue weighted by Gasteiger charge is 2.22. The molecule has 0 amide bonds. The fourth-order valence-electron chi connectivity index (χ4n) is 1.78. The molecule has 5 heteroatoms. The van der Waals surface area contributed by atoms with Crippen LogP contribution in [-0.4, -0.2) is 10.3 Å². The second-order valence-electron chi connectivity index (χ2n) is 3.33. The van der Waals surface area contributed by atoms with Crippen LogP contribution in [-0.2, 0) is 23.3 Å². The summed E-state index contributed by atoms with van der Waals surface area (Å²) in [4.78, 5) is 0. The fourth-order valence-corrected chi connectivity index (χ4v) is 2.28. The fraction of sp³-hybridized carbons (Fsp3) is 0.333. The van der Waals surface area contributed by atoms with Crippen molar-refractivity contribution in [3.8, 4) is 0 Å². The molecular formula is C9H9F2NOS. The van der Waals surface area contributed by atoms with Gasteiger partial charge in [0.1, 0.15) is 0 Å². The lowest BCUT2D eigenvalue weighted by Gasteiger charge is -1.98. The predicted molar refractivity (Wildman–Crippen MR) is 50.4 cm³/mol. The second-order valence-corrected chi connectivity index (χ2v) is 4.34. The van der Waals surface area contributed by atoms with Gasteiger partial charge in [0.15, 0.2) is 0 Å². The number of rotatable bonds is 1. The summed E-state index contributed by atoms with van der Waals surface area (Å²) >= 11 is 0. The van der Waals surface area contributed by atoms with E-state index in [-0.39, 0.29) is 0 Å². The lowest BCUT2D eigenvalue weighted by Crippen LogP contribution is -2.04. The van der Waals surface area contributed by atoms with E-state index in [2.05, 4.69) is 4.36 Å². The minimum absolute atomic E-state index is 0.473. The van der Waals surface area contributed by atoms with Gasteiger partial charge in [-0.15, -0.1) is 0 Å². The van der Waals surface area contributed by atoms with Crippen molar-refractivity contribution in [2.45, 2.75) is 18.9 Å². The van der Waals surface area contributed by atoms with Crippen LogP contribution in [0.3, 0.4) is 0 Å². The lowest BCUT2D eigenvalue weighted by molar-refractivity contribution is 0.574. The Morgan fingerprint density at radius 1 is 1.21 bits per heavy atom. The summed E-state index contributed by atoms with van der Waals surface area (Å²) in [5.74, 6) is 0. The molecule has 0 radical (unpaired) electrons. The van der Waals surface area contributed by atoms with Gasteiger partial charge in [0, 0.05) is 0 Å². The van der Waals surface area contributed by atoms with Gasteiger partial charge in [-0.1, -0.05) is 32.0 Å². The summed E-state index contributed by atoms with van der Waals surface area (Å²) in [5.41, 5.74) is 2.06. The van der Waals surface area contributed by atoms with Crippen molar-refractivity contribution in [1.82, 2.24) is 0 Å². The molecule has 1 aromatic rings. The first-order valence-corrected chi connectivity index (χ1v) is 5.58. The Hall–Kier alpha value is -0.970. The van der Waals surface area contributed by atoms with Gasteiger partial charge in [-0.2, -0.15) is 8.57 Å². The first-order valence-electron chi connectivity index (χ1n) is 4.27. The summed E-state index contributed by atoms with van der Waals surface area (Å²) in [6.07, 6.45) is 0.946. The molecule has 1 aliphatic rings. The Kier molecular flexibility index (Phi) is 2.26. The summed E-state index contributed by atoms with van der Waals surface area (Å²) in [6.45, 7) is 0. The first-order chi connectivity index (χ1) is 6.54. The van der Waals surface area contributed by atoms with Gasteiger partial charge in [0.05, 0.1) is 6.04 Å². The third kappa shape index (κ3) is 2.09. The zero-order valence-corrected chi connectivity index (χ0v) is 8.14. The van der Waals surface area contributed by atoms with Gasteiger partial charge >= 0.3 is 10.5 Å².